The Kier molecular flexibility index (Phi) is 5.94. The van der Waals surface area contributed by atoms with Crippen LogP contribution in [0.1, 0.15) is 45.9 Å². The first-order valence-corrected chi connectivity index (χ1v) is 8.75. The van der Waals surface area contributed by atoms with Crippen molar-refractivity contribution in [3.63, 3.8) is 0 Å². The van der Waals surface area contributed by atoms with Gasteiger partial charge in [-0.2, -0.15) is 0 Å². The summed E-state index contributed by atoms with van der Waals surface area (Å²) in [5.41, 5.74) is 0. The number of thiophene rings is 1. The molecule has 0 aliphatic heterocycles. The van der Waals surface area contributed by atoms with Gasteiger partial charge in [-0.1, -0.05) is 20.8 Å². The van der Waals surface area contributed by atoms with Crippen LogP contribution < -0.4 is 5.32 Å². The third-order valence-corrected chi connectivity index (χ3v) is 4.68. The summed E-state index contributed by atoms with van der Waals surface area (Å²) in [6.45, 7) is 8.40. The maximum Gasteiger partial charge on any atom is 0.146 e. The Morgan fingerprint density at radius 2 is 2.00 bits per heavy atom. The smallest absolute Gasteiger partial charge is 0.146 e. The second-order valence-corrected chi connectivity index (χ2v) is 6.33. The zero-order chi connectivity index (χ0) is 15.2. The van der Waals surface area contributed by atoms with Crippen molar-refractivity contribution in [3.8, 4) is 0 Å². The van der Waals surface area contributed by atoms with Gasteiger partial charge in [0.1, 0.15) is 16.5 Å². The Balaban J connectivity index is 2.23. The highest BCUT2D eigenvalue weighted by atomic mass is 32.1. The van der Waals surface area contributed by atoms with E-state index in [-0.39, 0.29) is 0 Å². The summed E-state index contributed by atoms with van der Waals surface area (Å²) in [5.74, 6) is 1.90. The van der Waals surface area contributed by atoms with Crippen molar-refractivity contribution >= 4 is 27.4 Å². The van der Waals surface area contributed by atoms with Crippen molar-refractivity contribution in [2.45, 2.75) is 52.6 Å². The van der Waals surface area contributed by atoms with Crippen LogP contribution in [0.5, 0.6) is 0 Å². The van der Waals surface area contributed by atoms with Gasteiger partial charge in [0, 0.05) is 12.6 Å². The van der Waals surface area contributed by atoms with Crippen molar-refractivity contribution in [2.24, 2.45) is 0 Å². The zero-order valence-corrected chi connectivity index (χ0v) is 14.3. The van der Waals surface area contributed by atoms with Gasteiger partial charge >= 0.3 is 0 Å². The molecule has 0 fully saturated rings. The van der Waals surface area contributed by atoms with E-state index in [0.29, 0.717) is 6.04 Å². The van der Waals surface area contributed by atoms with Crippen molar-refractivity contribution in [2.75, 3.05) is 18.9 Å². The van der Waals surface area contributed by atoms with Crippen LogP contribution in [0.25, 0.3) is 10.2 Å². The molecule has 2 aromatic rings. The van der Waals surface area contributed by atoms with Crippen molar-refractivity contribution < 1.29 is 0 Å². The summed E-state index contributed by atoms with van der Waals surface area (Å²) in [5, 5.41) is 6.66. The Bertz CT molecular complexity index is 562. The van der Waals surface area contributed by atoms with Gasteiger partial charge < -0.3 is 5.32 Å². The first-order valence-electron chi connectivity index (χ1n) is 7.87. The highest BCUT2D eigenvalue weighted by Gasteiger charge is 2.14. The van der Waals surface area contributed by atoms with E-state index in [1.807, 2.05) is 0 Å². The van der Waals surface area contributed by atoms with Crippen molar-refractivity contribution in [3.05, 3.63) is 17.3 Å². The van der Waals surface area contributed by atoms with Gasteiger partial charge in [0.15, 0.2) is 0 Å². The van der Waals surface area contributed by atoms with E-state index in [2.05, 4.69) is 49.5 Å². The van der Waals surface area contributed by atoms with Crippen LogP contribution >= 0.6 is 11.3 Å². The van der Waals surface area contributed by atoms with E-state index in [1.165, 1.54) is 0 Å². The predicted octanol–water partition coefficient (Wildman–Crippen LogP) is 4.13. The highest BCUT2D eigenvalue weighted by Crippen LogP contribution is 2.25. The van der Waals surface area contributed by atoms with E-state index in [1.54, 1.807) is 11.3 Å². The van der Waals surface area contributed by atoms with Crippen LogP contribution in [0.15, 0.2) is 11.4 Å². The maximum absolute atomic E-state index is 4.74. The molecule has 0 aliphatic carbocycles. The van der Waals surface area contributed by atoms with E-state index in [0.717, 1.165) is 54.2 Å². The Hall–Kier alpha value is -1.20. The number of hydrogen-bond donors (Lipinski definition) is 1. The average Bonchev–Trinajstić information content (AvgIpc) is 2.94. The molecule has 2 aromatic heterocycles. The van der Waals surface area contributed by atoms with Crippen LogP contribution in [-0.4, -0.2) is 34.5 Å². The Morgan fingerprint density at radius 1 is 1.24 bits per heavy atom. The molecular weight excluding hydrogens is 280 g/mol. The molecule has 2 heterocycles. The molecule has 0 bridgehead atoms. The fraction of sp³-hybridized carbons (Fsp3) is 0.625. The van der Waals surface area contributed by atoms with Gasteiger partial charge in [-0.15, -0.1) is 11.3 Å². The fourth-order valence-corrected chi connectivity index (χ4v) is 3.40. The molecule has 0 atom stereocenters. The lowest BCUT2D eigenvalue weighted by molar-refractivity contribution is 0.217. The summed E-state index contributed by atoms with van der Waals surface area (Å²) < 4.78 is 0. The quantitative estimate of drug-likeness (QED) is 0.796. The summed E-state index contributed by atoms with van der Waals surface area (Å²) in [6, 6.07) is 2.70. The van der Waals surface area contributed by atoms with E-state index in [4.69, 9.17) is 9.97 Å². The minimum atomic E-state index is 0.597. The van der Waals surface area contributed by atoms with Crippen LogP contribution in [0.2, 0.25) is 0 Å². The zero-order valence-electron chi connectivity index (χ0n) is 13.5. The third-order valence-electron chi connectivity index (χ3n) is 3.87. The predicted molar refractivity (Wildman–Crippen MR) is 92.0 cm³/mol. The van der Waals surface area contributed by atoms with Gasteiger partial charge in [-0.25, -0.2) is 9.97 Å². The van der Waals surface area contributed by atoms with Crippen LogP contribution in [0, 0.1) is 0 Å². The van der Waals surface area contributed by atoms with Gasteiger partial charge in [-0.05, 0) is 37.8 Å². The Labute approximate surface area is 131 Å². The molecule has 0 radical (unpaired) electrons. The van der Waals surface area contributed by atoms with Crippen molar-refractivity contribution in [1.29, 1.82) is 0 Å². The van der Waals surface area contributed by atoms with E-state index >= 15 is 0 Å². The molecule has 0 saturated heterocycles. The number of nitrogens with zero attached hydrogens (tertiary/aromatic N) is 3. The lowest BCUT2D eigenvalue weighted by atomic mass is 10.1. The molecular formula is C16H26N4S. The number of anilines is 1. The van der Waals surface area contributed by atoms with Crippen molar-refractivity contribution in [1.82, 2.24) is 14.9 Å². The molecule has 0 unspecified atom stereocenters. The first kappa shape index (κ1) is 16.2. The molecule has 0 aromatic carbocycles. The monoisotopic (exact) mass is 306 g/mol. The summed E-state index contributed by atoms with van der Waals surface area (Å²) in [6.07, 6.45) is 3.42. The lowest BCUT2D eigenvalue weighted by Crippen LogP contribution is -2.30. The fourth-order valence-electron chi connectivity index (χ4n) is 2.61. The topological polar surface area (TPSA) is 41.1 Å². The minimum Gasteiger partial charge on any atom is -0.369 e. The van der Waals surface area contributed by atoms with Gasteiger partial charge in [0.2, 0.25) is 0 Å². The van der Waals surface area contributed by atoms with E-state index < -0.39 is 0 Å². The van der Waals surface area contributed by atoms with Crippen LogP contribution in [0.3, 0.4) is 0 Å². The SMILES string of the molecule is CCCNc1nc(CN(C)C(CC)CC)nc2sccc12. The first-order chi connectivity index (χ1) is 10.2. The number of fused-ring (bicyclic) bond motifs is 1. The normalized spacial score (nSPS) is 11.7. The summed E-state index contributed by atoms with van der Waals surface area (Å²) in [7, 11) is 2.17. The molecule has 2 rings (SSSR count). The maximum atomic E-state index is 4.74. The summed E-state index contributed by atoms with van der Waals surface area (Å²) in [4.78, 5) is 12.9. The molecule has 5 heteroatoms. The molecule has 21 heavy (non-hydrogen) atoms. The minimum absolute atomic E-state index is 0.597. The molecule has 1 N–H and O–H groups in total. The van der Waals surface area contributed by atoms with Crippen LogP contribution in [-0.2, 0) is 6.54 Å². The second kappa shape index (κ2) is 7.71. The number of nitrogens with one attached hydrogen (secondary N) is 1. The molecule has 0 spiro atoms. The highest BCUT2D eigenvalue weighted by molar-refractivity contribution is 7.16. The summed E-state index contributed by atoms with van der Waals surface area (Å²) >= 11 is 1.69. The molecule has 0 amide bonds. The third kappa shape index (κ3) is 3.92. The number of rotatable bonds is 8. The second-order valence-electron chi connectivity index (χ2n) is 5.44. The van der Waals surface area contributed by atoms with E-state index in [9.17, 15) is 0 Å². The van der Waals surface area contributed by atoms with Gasteiger partial charge in [-0.3, -0.25) is 4.90 Å². The van der Waals surface area contributed by atoms with Crippen LogP contribution in [0.4, 0.5) is 5.82 Å². The molecule has 0 saturated carbocycles. The molecule has 4 nitrogen and oxygen atoms in total. The van der Waals surface area contributed by atoms with Gasteiger partial charge in [0.25, 0.3) is 0 Å². The molecule has 116 valence electrons. The van der Waals surface area contributed by atoms with Gasteiger partial charge in [0.05, 0.1) is 11.9 Å². The Morgan fingerprint density at radius 3 is 2.67 bits per heavy atom. The number of hydrogen-bond acceptors (Lipinski definition) is 5. The average molecular weight is 306 g/mol. The molecule has 0 aliphatic rings. The largest absolute Gasteiger partial charge is 0.369 e. The standard InChI is InChI=1S/C16H26N4S/c1-5-9-17-15-13-8-10-21-16(13)19-14(18-15)11-20(4)12(6-2)7-3/h8,10,12H,5-7,9,11H2,1-4H3,(H,17,18,19). The number of aromatic nitrogens is 2. The lowest BCUT2D eigenvalue weighted by Gasteiger charge is -2.25.